The largest absolute Gasteiger partial charge is 0.481 e. The summed E-state index contributed by atoms with van der Waals surface area (Å²) in [6.45, 7) is 1.65. The van der Waals surface area contributed by atoms with Gasteiger partial charge in [-0.1, -0.05) is 48.5 Å². The average molecular weight is 487 g/mol. The van der Waals surface area contributed by atoms with Crippen LogP contribution in [0.15, 0.2) is 48.5 Å². The number of nitrogens with zero attached hydrogens (tertiary/aromatic N) is 1. The number of ether oxygens (including phenoxy) is 1. The molecule has 0 bridgehead atoms. The molecule has 7 nitrogen and oxygen atoms in total. The summed E-state index contributed by atoms with van der Waals surface area (Å²) in [6.07, 6.45) is -3.88. The Morgan fingerprint density at radius 2 is 1.71 bits per heavy atom. The lowest BCUT2D eigenvalue weighted by Crippen LogP contribution is -2.55. The first-order chi connectivity index (χ1) is 16.7. The molecule has 2 aromatic rings. The predicted octanol–water partition coefficient (Wildman–Crippen LogP) is 4.26. The molecule has 1 fully saturated rings. The molecular formula is C26H28F2N2O5. The van der Waals surface area contributed by atoms with E-state index in [0.717, 1.165) is 22.3 Å². The van der Waals surface area contributed by atoms with Crippen molar-refractivity contribution in [2.24, 2.45) is 5.41 Å². The van der Waals surface area contributed by atoms with Gasteiger partial charge in [0.1, 0.15) is 12.6 Å². The van der Waals surface area contributed by atoms with E-state index in [9.17, 15) is 28.3 Å². The number of alkyl halides is 2. The molecule has 0 saturated carbocycles. The second-order valence-corrected chi connectivity index (χ2v) is 9.38. The SMILES string of the molecule is CC1(C(=O)O)CCCN(C(=O)C(CC(F)F)NC(=O)OCC2c3ccccc3-c3ccccc32)C1. The highest BCUT2D eigenvalue weighted by molar-refractivity contribution is 5.87. The lowest BCUT2D eigenvalue weighted by atomic mass is 9.82. The number of rotatable bonds is 7. The average Bonchev–Trinajstić information content (AvgIpc) is 3.15. The van der Waals surface area contributed by atoms with Gasteiger partial charge in [0.05, 0.1) is 5.41 Å². The van der Waals surface area contributed by atoms with Crippen molar-refractivity contribution in [3.05, 3.63) is 59.7 Å². The molecule has 2 unspecified atom stereocenters. The molecule has 2 aliphatic rings. The number of aliphatic carboxylic acids is 1. The smallest absolute Gasteiger partial charge is 0.407 e. The Labute approximate surface area is 202 Å². The van der Waals surface area contributed by atoms with E-state index < -0.39 is 42.3 Å². The van der Waals surface area contributed by atoms with Crippen LogP contribution in [0.25, 0.3) is 11.1 Å². The maximum Gasteiger partial charge on any atom is 0.407 e. The van der Waals surface area contributed by atoms with Gasteiger partial charge >= 0.3 is 12.1 Å². The topological polar surface area (TPSA) is 95.9 Å². The summed E-state index contributed by atoms with van der Waals surface area (Å²) in [6, 6.07) is 14.1. The molecule has 0 radical (unpaired) electrons. The third kappa shape index (κ3) is 5.13. The van der Waals surface area contributed by atoms with Gasteiger partial charge in [0.25, 0.3) is 0 Å². The van der Waals surface area contributed by atoms with Gasteiger partial charge in [0, 0.05) is 25.4 Å². The van der Waals surface area contributed by atoms with E-state index >= 15 is 0 Å². The van der Waals surface area contributed by atoms with Crippen LogP contribution >= 0.6 is 0 Å². The van der Waals surface area contributed by atoms with Crippen LogP contribution in [0.5, 0.6) is 0 Å². The van der Waals surface area contributed by atoms with E-state index in [0.29, 0.717) is 12.8 Å². The Bertz CT molecular complexity index is 1080. The molecule has 2 amide bonds. The number of likely N-dealkylation sites (tertiary alicyclic amines) is 1. The summed E-state index contributed by atoms with van der Waals surface area (Å²) in [5.41, 5.74) is 2.95. The second kappa shape index (κ2) is 10.0. The van der Waals surface area contributed by atoms with Crippen LogP contribution in [0, 0.1) is 5.41 Å². The number of amides is 2. The zero-order valence-corrected chi connectivity index (χ0v) is 19.4. The van der Waals surface area contributed by atoms with Crippen molar-refractivity contribution >= 4 is 18.0 Å². The van der Waals surface area contributed by atoms with Crippen LogP contribution in [0.2, 0.25) is 0 Å². The summed E-state index contributed by atoms with van der Waals surface area (Å²) >= 11 is 0. The standard InChI is InChI=1S/C26H28F2N2O5/c1-26(24(32)33)11-6-12-30(15-26)23(31)21(13-22(27)28)29-25(34)35-14-20-18-9-4-2-7-16(18)17-8-3-5-10-19(17)20/h2-5,7-10,20-22H,6,11-15H2,1H3,(H,29,34)(H,32,33). The Morgan fingerprint density at radius 3 is 2.29 bits per heavy atom. The van der Waals surface area contributed by atoms with Gasteiger partial charge in [-0.15, -0.1) is 0 Å². The lowest BCUT2D eigenvalue weighted by Gasteiger charge is -2.39. The number of alkyl carbamates (subject to hydrolysis) is 1. The molecule has 1 aliphatic carbocycles. The maximum atomic E-state index is 13.2. The highest BCUT2D eigenvalue weighted by Crippen LogP contribution is 2.44. The first-order valence-electron chi connectivity index (χ1n) is 11.6. The summed E-state index contributed by atoms with van der Waals surface area (Å²) in [4.78, 5) is 38.4. The summed E-state index contributed by atoms with van der Waals surface area (Å²) < 4.78 is 31.9. The number of halogens is 2. The quantitative estimate of drug-likeness (QED) is 0.610. The molecule has 1 aliphatic heterocycles. The van der Waals surface area contributed by atoms with Gasteiger partial charge in [-0.2, -0.15) is 0 Å². The van der Waals surface area contributed by atoms with E-state index in [1.54, 1.807) is 0 Å². The number of hydrogen-bond acceptors (Lipinski definition) is 4. The van der Waals surface area contributed by atoms with Crippen LogP contribution in [-0.2, 0) is 14.3 Å². The number of nitrogens with one attached hydrogen (secondary N) is 1. The molecule has 186 valence electrons. The van der Waals surface area contributed by atoms with E-state index in [4.69, 9.17) is 4.74 Å². The molecular weight excluding hydrogens is 458 g/mol. The summed E-state index contributed by atoms with van der Waals surface area (Å²) in [5, 5.41) is 11.8. The second-order valence-electron chi connectivity index (χ2n) is 9.38. The minimum atomic E-state index is -2.84. The first kappa shape index (κ1) is 24.6. The Morgan fingerprint density at radius 1 is 1.11 bits per heavy atom. The molecule has 0 spiro atoms. The van der Waals surface area contributed by atoms with Crippen molar-refractivity contribution < 1.29 is 33.0 Å². The Hall–Kier alpha value is -3.49. The number of carbonyl (C=O) groups is 3. The van der Waals surface area contributed by atoms with E-state index in [2.05, 4.69) is 5.32 Å². The fraction of sp³-hybridized carbons (Fsp3) is 0.423. The van der Waals surface area contributed by atoms with Crippen molar-refractivity contribution in [1.82, 2.24) is 10.2 Å². The van der Waals surface area contributed by atoms with Gasteiger partial charge in [-0.05, 0) is 42.0 Å². The fourth-order valence-corrected chi connectivity index (χ4v) is 5.00. The summed E-state index contributed by atoms with van der Waals surface area (Å²) in [7, 11) is 0. The van der Waals surface area contributed by atoms with Crippen LogP contribution in [0.3, 0.4) is 0 Å². The minimum Gasteiger partial charge on any atom is -0.481 e. The van der Waals surface area contributed by atoms with E-state index in [1.165, 1.54) is 11.8 Å². The van der Waals surface area contributed by atoms with Crippen molar-refractivity contribution in [3.8, 4) is 11.1 Å². The van der Waals surface area contributed by atoms with Gasteiger partial charge in [-0.3, -0.25) is 9.59 Å². The first-order valence-corrected chi connectivity index (χ1v) is 11.6. The Kier molecular flexibility index (Phi) is 7.05. The van der Waals surface area contributed by atoms with Crippen LogP contribution < -0.4 is 5.32 Å². The molecule has 1 saturated heterocycles. The van der Waals surface area contributed by atoms with E-state index in [-0.39, 0.29) is 25.6 Å². The van der Waals surface area contributed by atoms with Crippen LogP contribution in [0.1, 0.15) is 43.2 Å². The molecule has 2 N–H and O–H groups in total. The molecule has 35 heavy (non-hydrogen) atoms. The fourth-order valence-electron chi connectivity index (χ4n) is 5.00. The van der Waals surface area contributed by atoms with Gasteiger partial charge in [0.15, 0.2) is 0 Å². The monoisotopic (exact) mass is 486 g/mol. The highest BCUT2D eigenvalue weighted by Gasteiger charge is 2.41. The minimum absolute atomic E-state index is 0.0176. The van der Waals surface area contributed by atoms with Crippen molar-refractivity contribution in [3.63, 3.8) is 0 Å². The number of carboxylic acids is 1. The number of carboxylic acid groups (broad SMARTS) is 1. The van der Waals surface area contributed by atoms with Crippen LogP contribution in [-0.4, -0.2) is 60.1 Å². The summed E-state index contributed by atoms with van der Waals surface area (Å²) in [5.74, 6) is -1.99. The zero-order chi connectivity index (χ0) is 25.2. The number of fused-ring (bicyclic) bond motifs is 3. The number of benzene rings is 2. The zero-order valence-electron chi connectivity index (χ0n) is 19.4. The third-order valence-electron chi connectivity index (χ3n) is 6.87. The van der Waals surface area contributed by atoms with Gasteiger partial charge < -0.3 is 20.1 Å². The molecule has 2 aromatic carbocycles. The van der Waals surface area contributed by atoms with Crippen molar-refractivity contribution in [2.75, 3.05) is 19.7 Å². The Balaban J connectivity index is 1.43. The van der Waals surface area contributed by atoms with Crippen molar-refractivity contribution in [2.45, 2.75) is 44.6 Å². The number of carbonyl (C=O) groups excluding carboxylic acids is 2. The van der Waals surface area contributed by atoms with E-state index in [1.807, 2.05) is 48.5 Å². The molecule has 1 heterocycles. The van der Waals surface area contributed by atoms with Gasteiger partial charge in [0.2, 0.25) is 12.3 Å². The third-order valence-corrected chi connectivity index (χ3v) is 6.87. The molecule has 9 heteroatoms. The lowest BCUT2D eigenvalue weighted by molar-refractivity contribution is -0.154. The normalized spacial score (nSPS) is 20.2. The number of piperidine rings is 1. The van der Waals surface area contributed by atoms with Crippen molar-refractivity contribution in [1.29, 1.82) is 0 Å². The number of hydrogen-bond donors (Lipinski definition) is 2. The molecule has 4 rings (SSSR count). The van der Waals surface area contributed by atoms with Crippen LogP contribution in [0.4, 0.5) is 13.6 Å². The highest BCUT2D eigenvalue weighted by atomic mass is 19.3. The predicted molar refractivity (Wildman–Crippen MR) is 124 cm³/mol. The molecule has 0 aromatic heterocycles. The maximum absolute atomic E-state index is 13.2. The molecule has 2 atom stereocenters. The van der Waals surface area contributed by atoms with Gasteiger partial charge in [-0.25, -0.2) is 13.6 Å².